The lowest BCUT2D eigenvalue weighted by Gasteiger charge is -2.13. The third-order valence-electron chi connectivity index (χ3n) is 2.97. The van der Waals surface area contributed by atoms with E-state index in [1.807, 2.05) is 0 Å². The standard InChI is InChI=1S/C13H20BrN3OS/c1-2-15-13(16-6-10-3-4-18-8-10)17-7-11-5-12(14)19-9-11/h5,9-10H,2-4,6-8H2,1H3,(H2,15,16,17). The van der Waals surface area contributed by atoms with Crippen LogP contribution >= 0.6 is 27.3 Å². The molecular formula is C13H20BrN3OS. The van der Waals surface area contributed by atoms with Gasteiger partial charge >= 0.3 is 0 Å². The van der Waals surface area contributed by atoms with Crippen molar-refractivity contribution in [3.05, 3.63) is 20.8 Å². The summed E-state index contributed by atoms with van der Waals surface area (Å²) in [6, 6.07) is 2.11. The summed E-state index contributed by atoms with van der Waals surface area (Å²) in [6.07, 6.45) is 1.14. The smallest absolute Gasteiger partial charge is 0.191 e. The lowest BCUT2D eigenvalue weighted by molar-refractivity contribution is 0.186. The summed E-state index contributed by atoms with van der Waals surface area (Å²) >= 11 is 5.16. The van der Waals surface area contributed by atoms with E-state index in [9.17, 15) is 0 Å². The Hall–Kier alpha value is -0.590. The van der Waals surface area contributed by atoms with E-state index in [1.165, 1.54) is 5.56 Å². The van der Waals surface area contributed by atoms with Gasteiger partial charge in [0.2, 0.25) is 0 Å². The maximum Gasteiger partial charge on any atom is 0.191 e. The third kappa shape index (κ3) is 5.12. The highest BCUT2D eigenvalue weighted by Crippen LogP contribution is 2.21. The molecule has 0 amide bonds. The lowest BCUT2D eigenvalue weighted by atomic mass is 10.1. The Balaban J connectivity index is 1.83. The van der Waals surface area contributed by atoms with E-state index < -0.39 is 0 Å². The molecule has 4 nitrogen and oxygen atoms in total. The average molecular weight is 346 g/mol. The highest BCUT2D eigenvalue weighted by atomic mass is 79.9. The van der Waals surface area contributed by atoms with Crippen molar-refractivity contribution in [1.82, 2.24) is 10.6 Å². The Bertz CT molecular complexity index is 416. The van der Waals surface area contributed by atoms with Gasteiger partial charge in [-0.3, -0.25) is 0 Å². The number of hydrogen-bond acceptors (Lipinski definition) is 3. The zero-order valence-electron chi connectivity index (χ0n) is 11.1. The summed E-state index contributed by atoms with van der Waals surface area (Å²) in [5.74, 6) is 1.50. The number of nitrogens with zero attached hydrogens (tertiary/aromatic N) is 1. The fourth-order valence-corrected chi connectivity index (χ4v) is 3.13. The molecule has 2 rings (SSSR count). The van der Waals surface area contributed by atoms with Gasteiger partial charge in [-0.25, -0.2) is 4.99 Å². The molecular weight excluding hydrogens is 326 g/mol. The molecule has 106 valence electrons. The molecule has 0 aliphatic carbocycles. The summed E-state index contributed by atoms with van der Waals surface area (Å²) in [5, 5.41) is 8.79. The van der Waals surface area contributed by atoms with Gasteiger partial charge in [-0.1, -0.05) is 0 Å². The molecule has 1 saturated heterocycles. The normalized spacial score (nSPS) is 19.7. The van der Waals surface area contributed by atoms with Gasteiger partial charge in [0.25, 0.3) is 0 Å². The van der Waals surface area contributed by atoms with Crippen LogP contribution in [-0.2, 0) is 11.3 Å². The van der Waals surface area contributed by atoms with Crippen molar-refractivity contribution in [2.24, 2.45) is 10.9 Å². The van der Waals surface area contributed by atoms with Crippen LogP contribution in [0.5, 0.6) is 0 Å². The number of guanidine groups is 1. The molecule has 1 unspecified atom stereocenters. The summed E-state index contributed by atoms with van der Waals surface area (Å²) in [7, 11) is 0. The van der Waals surface area contributed by atoms with Gasteiger partial charge in [-0.15, -0.1) is 11.3 Å². The van der Waals surface area contributed by atoms with Crippen LogP contribution in [-0.4, -0.2) is 32.3 Å². The van der Waals surface area contributed by atoms with Crippen molar-refractivity contribution in [2.75, 3.05) is 26.3 Å². The Labute approximate surface area is 126 Å². The first-order valence-corrected chi connectivity index (χ1v) is 8.28. The van der Waals surface area contributed by atoms with Crippen LogP contribution in [0.3, 0.4) is 0 Å². The Kier molecular flexibility index (Phi) is 6.13. The van der Waals surface area contributed by atoms with Crippen LogP contribution in [0.2, 0.25) is 0 Å². The molecule has 0 bridgehead atoms. The van der Waals surface area contributed by atoms with Crippen LogP contribution in [0, 0.1) is 5.92 Å². The molecule has 2 heterocycles. The molecule has 0 spiro atoms. The van der Waals surface area contributed by atoms with Gasteiger partial charge < -0.3 is 15.4 Å². The number of halogens is 1. The quantitative estimate of drug-likeness (QED) is 0.636. The van der Waals surface area contributed by atoms with Crippen molar-refractivity contribution in [2.45, 2.75) is 19.9 Å². The first-order chi connectivity index (χ1) is 9.28. The highest BCUT2D eigenvalue weighted by molar-refractivity contribution is 9.11. The van der Waals surface area contributed by atoms with Crippen molar-refractivity contribution < 1.29 is 4.74 Å². The maximum atomic E-state index is 5.38. The Morgan fingerprint density at radius 1 is 1.58 bits per heavy atom. The van der Waals surface area contributed by atoms with Crippen molar-refractivity contribution >= 4 is 33.2 Å². The number of ether oxygens (including phenoxy) is 1. The summed E-state index contributed by atoms with van der Waals surface area (Å²) in [5.41, 5.74) is 1.23. The topological polar surface area (TPSA) is 45.7 Å². The number of thiophene rings is 1. The molecule has 1 atom stereocenters. The van der Waals surface area contributed by atoms with Crippen LogP contribution < -0.4 is 10.6 Å². The predicted molar refractivity (Wildman–Crippen MR) is 83.8 cm³/mol. The van der Waals surface area contributed by atoms with E-state index in [0.717, 1.165) is 42.5 Å². The molecule has 2 N–H and O–H groups in total. The third-order valence-corrected chi connectivity index (χ3v) is 4.52. The number of hydrogen-bond donors (Lipinski definition) is 2. The van der Waals surface area contributed by atoms with E-state index in [0.29, 0.717) is 12.5 Å². The molecule has 1 aliphatic rings. The summed E-state index contributed by atoms with van der Waals surface area (Å²) in [6.45, 7) is 6.35. The van der Waals surface area contributed by atoms with Gasteiger partial charge in [0, 0.05) is 25.6 Å². The van der Waals surface area contributed by atoms with Crippen LogP contribution in [0.1, 0.15) is 18.9 Å². The molecule has 6 heteroatoms. The lowest BCUT2D eigenvalue weighted by Crippen LogP contribution is -2.39. The second-order valence-electron chi connectivity index (χ2n) is 4.56. The minimum atomic E-state index is 0.610. The zero-order valence-corrected chi connectivity index (χ0v) is 13.5. The molecule has 0 radical (unpaired) electrons. The molecule has 1 fully saturated rings. The van der Waals surface area contributed by atoms with E-state index in [4.69, 9.17) is 4.74 Å². The van der Waals surface area contributed by atoms with Crippen molar-refractivity contribution in [3.63, 3.8) is 0 Å². The molecule has 0 aromatic carbocycles. The molecule has 1 aliphatic heterocycles. The SMILES string of the molecule is CCNC(=NCc1csc(Br)c1)NCC1CCOC1. The second kappa shape index (κ2) is 7.87. The molecule has 1 aromatic rings. The van der Waals surface area contributed by atoms with Gasteiger partial charge in [-0.05, 0) is 46.3 Å². The van der Waals surface area contributed by atoms with Crippen molar-refractivity contribution in [1.29, 1.82) is 0 Å². The van der Waals surface area contributed by atoms with E-state index in [-0.39, 0.29) is 0 Å². The van der Waals surface area contributed by atoms with Gasteiger partial charge in [0.1, 0.15) is 0 Å². The maximum absolute atomic E-state index is 5.38. The van der Waals surface area contributed by atoms with Gasteiger partial charge in [-0.2, -0.15) is 0 Å². The predicted octanol–water partition coefficient (Wildman–Crippen LogP) is 2.60. The monoisotopic (exact) mass is 345 g/mol. The Morgan fingerprint density at radius 3 is 3.11 bits per heavy atom. The average Bonchev–Trinajstić information content (AvgIpc) is 3.04. The fourth-order valence-electron chi connectivity index (χ4n) is 1.93. The number of nitrogens with one attached hydrogen (secondary N) is 2. The minimum absolute atomic E-state index is 0.610. The van der Waals surface area contributed by atoms with Crippen LogP contribution in [0.4, 0.5) is 0 Å². The molecule has 0 saturated carbocycles. The van der Waals surface area contributed by atoms with Crippen molar-refractivity contribution in [3.8, 4) is 0 Å². The van der Waals surface area contributed by atoms with E-state index >= 15 is 0 Å². The van der Waals surface area contributed by atoms with E-state index in [2.05, 4.69) is 49.9 Å². The fraction of sp³-hybridized carbons (Fsp3) is 0.615. The highest BCUT2D eigenvalue weighted by Gasteiger charge is 2.15. The molecule has 1 aromatic heterocycles. The first-order valence-electron chi connectivity index (χ1n) is 6.60. The first kappa shape index (κ1) is 14.8. The van der Waals surface area contributed by atoms with E-state index in [1.54, 1.807) is 11.3 Å². The summed E-state index contributed by atoms with van der Waals surface area (Å²) < 4.78 is 6.53. The molecule has 19 heavy (non-hydrogen) atoms. The second-order valence-corrected chi connectivity index (χ2v) is 6.86. The van der Waals surface area contributed by atoms with Gasteiger partial charge in [0.05, 0.1) is 16.9 Å². The van der Waals surface area contributed by atoms with Gasteiger partial charge in [0.15, 0.2) is 5.96 Å². The van der Waals surface area contributed by atoms with Crippen LogP contribution in [0.25, 0.3) is 0 Å². The number of aliphatic imine (C=N–C) groups is 1. The zero-order chi connectivity index (χ0) is 13.5. The Morgan fingerprint density at radius 2 is 2.47 bits per heavy atom. The largest absolute Gasteiger partial charge is 0.381 e. The summed E-state index contributed by atoms with van der Waals surface area (Å²) in [4.78, 5) is 4.60. The van der Waals surface area contributed by atoms with Crippen LogP contribution in [0.15, 0.2) is 20.2 Å². The number of rotatable bonds is 5. The minimum Gasteiger partial charge on any atom is -0.381 e.